The van der Waals surface area contributed by atoms with Crippen LogP contribution in [0.4, 0.5) is 9.66 Å². The van der Waals surface area contributed by atoms with Crippen LogP contribution in [0.3, 0.4) is 0 Å². The summed E-state index contributed by atoms with van der Waals surface area (Å²) >= 11 is 1.07. The van der Waals surface area contributed by atoms with E-state index in [1.807, 2.05) is 32.6 Å². The Labute approximate surface area is 198 Å². The Morgan fingerprint density at radius 1 is 1.30 bits per heavy atom. The number of ether oxygens (including phenoxy) is 1. The number of hydrogen-bond donors (Lipinski definition) is 2. The number of aromatic amines is 1. The highest BCUT2D eigenvalue weighted by molar-refractivity contribution is 7.17. The predicted octanol–water partition coefficient (Wildman–Crippen LogP) is 3.94. The van der Waals surface area contributed by atoms with Gasteiger partial charge in [-0.15, -0.1) is 13.2 Å². The molecule has 1 aliphatic rings. The molecule has 1 fully saturated rings. The lowest BCUT2D eigenvalue weighted by atomic mass is 10.0. The molecule has 0 radical (unpaired) electrons. The molecule has 2 N–H and O–H groups in total. The van der Waals surface area contributed by atoms with Gasteiger partial charge in [-0.25, -0.2) is 19.7 Å². The lowest BCUT2D eigenvalue weighted by Crippen LogP contribution is -2.55. The number of anilines is 1. The van der Waals surface area contributed by atoms with Crippen molar-refractivity contribution in [3.05, 3.63) is 40.9 Å². The van der Waals surface area contributed by atoms with Crippen LogP contribution >= 0.6 is 11.3 Å². The number of amides is 1. The SMILES string of the molecule is C=C.CC.CCc1nc(C(=O)N[C@@H]2CCN(c3nc(C)c(C(=O)OF)s3)C[C@@H]2OC)[nH]c1C. The van der Waals surface area contributed by atoms with Crippen LogP contribution in [0.2, 0.25) is 0 Å². The summed E-state index contributed by atoms with van der Waals surface area (Å²) < 4.78 is 17.8. The highest BCUT2D eigenvalue weighted by Crippen LogP contribution is 2.29. The number of piperidine rings is 1. The quantitative estimate of drug-likeness (QED) is 0.599. The van der Waals surface area contributed by atoms with Gasteiger partial charge in [-0.05, 0) is 26.7 Å². The molecule has 0 unspecified atom stereocenters. The number of carbonyl (C=O) groups is 2. The van der Waals surface area contributed by atoms with Crippen LogP contribution in [0.15, 0.2) is 13.2 Å². The van der Waals surface area contributed by atoms with Crippen molar-refractivity contribution in [3.63, 3.8) is 0 Å². The molecule has 1 saturated heterocycles. The first-order valence-corrected chi connectivity index (χ1v) is 11.6. The van der Waals surface area contributed by atoms with Crippen molar-refractivity contribution in [2.45, 2.75) is 59.6 Å². The number of halogens is 1. The zero-order chi connectivity index (χ0) is 25.1. The fourth-order valence-corrected chi connectivity index (χ4v) is 4.39. The standard InChI is InChI=1S/C18H24FN5O4S.C2H6.C2H4/c1-5-11-9(2)20-15(22-11)16(25)23-12-6-7-24(8-13(12)27-4)18-21-10(3)14(29-18)17(26)28-19;2*1-2/h12-13H,5-8H2,1-4H3,(H,20,22)(H,23,25);1-2H3;1-2H2/t12-,13+;;/m1../s1. The lowest BCUT2D eigenvalue weighted by molar-refractivity contribution is -0.0784. The number of H-pyrrole nitrogens is 1. The third kappa shape index (κ3) is 6.84. The molecule has 2 aromatic heterocycles. The summed E-state index contributed by atoms with van der Waals surface area (Å²) in [4.78, 5) is 41.2. The van der Waals surface area contributed by atoms with E-state index in [2.05, 4.69) is 38.4 Å². The van der Waals surface area contributed by atoms with E-state index in [9.17, 15) is 14.1 Å². The van der Waals surface area contributed by atoms with Gasteiger partial charge >= 0.3 is 5.97 Å². The van der Waals surface area contributed by atoms with Gasteiger partial charge in [-0.1, -0.05) is 32.1 Å². The number of thiazole rings is 1. The van der Waals surface area contributed by atoms with E-state index in [1.54, 1.807) is 14.0 Å². The highest BCUT2D eigenvalue weighted by atomic mass is 32.1. The first kappa shape index (κ1) is 28.2. The third-order valence-corrected chi connectivity index (χ3v) is 6.22. The van der Waals surface area contributed by atoms with Crippen molar-refractivity contribution in [2.75, 3.05) is 25.1 Å². The van der Waals surface area contributed by atoms with Gasteiger partial charge in [0.2, 0.25) is 0 Å². The zero-order valence-corrected chi connectivity index (χ0v) is 21.0. The Balaban J connectivity index is 0.00000129. The van der Waals surface area contributed by atoms with Gasteiger partial charge in [-0.2, -0.15) is 0 Å². The minimum atomic E-state index is -1.04. The molecule has 11 heteroatoms. The average molecular weight is 484 g/mol. The molecule has 33 heavy (non-hydrogen) atoms. The van der Waals surface area contributed by atoms with E-state index in [4.69, 9.17) is 4.74 Å². The number of nitrogens with zero attached hydrogens (tertiary/aromatic N) is 3. The lowest BCUT2D eigenvalue weighted by Gasteiger charge is -2.37. The second-order valence-electron chi connectivity index (χ2n) is 6.88. The van der Waals surface area contributed by atoms with E-state index in [0.717, 1.165) is 29.1 Å². The molecule has 0 aromatic carbocycles. The summed E-state index contributed by atoms with van der Waals surface area (Å²) in [6.07, 6.45) is 1.08. The van der Waals surface area contributed by atoms with E-state index in [0.29, 0.717) is 36.2 Å². The summed E-state index contributed by atoms with van der Waals surface area (Å²) in [5.74, 6) is -1.02. The number of hydrogen-bond acceptors (Lipinski definition) is 8. The molecule has 1 amide bonds. The maximum atomic E-state index is 12.6. The molecule has 184 valence electrons. The van der Waals surface area contributed by atoms with E-state index < -0.39 is 5.97 Å². The summed E-state index contributed by atoms with van der Waals surface area (Å²) in [6.45, 7) is 16.6. The second-order valence-corrected chi connectivity index (χ2v) is 7.85. The number of methoxy groups -OCH3 is 1. The van der Waals surface area contributed by atoms with Gasteiger partial charge in [-0.3, -0.25) is 4.79 Å². The number of aromatic nitrogens is 3. The number of aryl methyl sites for hydroxylation is 3. The first-order chi connectivity index (χ1) is 15.9. The molecular weight excluding hydrogens is 449 g/mol. The van der Waals surface area contributed by atoms with Gasteiger partial charge in [0.15, 0.2) is 11.0 Å². The zero-order valence-electron chi connectivity index (χ0n) is 20.2. The topological polar surface area (TPSA) is 109 Å². The molecule has 2 atom stereocenters. The van der Waals surface area contributed by atoms with Gasteiger partial charge in [0.05, 0.1) is 23.5 Å². The summed E-state index contributed by atoms with van der Waals surface area (Å²) in [5.41, 5.74) is 2.17. The van der Waals surface area contributed by atoms with Gasteiger partial charge in [0, 0.05) is 30.4 Å². The van der Waals surface area contributed by atoms with Crippen LogP contribution in [-0.2, 0) is 16.1 Å². The van der Waals surface area contributed by atoms with E-state index in [1.165, 1.54) is 0 Å². The van der Waals surface area contributed by atoms with Crippen molar-refractivity contribution < 1.29 is 23.8 Å². The van der Waals surface area contributed by atoms with E-state index >= 15 is 0 Å². The highest BCUT2D eigenvalue weighted by Gasteiger charge is 2.33. The second kappa shape index (κ2) is 13.7. The molecule has 3 heterocycles. The summed E-state index contributed by atoms with van der Waals surface area (Å²) in [7, 11) is 1.58. The van der Waals surface area contributed by atoms with Gasteiger partial charge in [0.1, 0.15) is 4.88 Å². The largest absolute Gasteiger partial charge is 0.391 e. The number of rotatable bonds is 6. The van der Waals surface area contributed by atoms with Crippen molar-refractivity contribution in [1.29, 1.82) is 0 Å². The van der Waals surface area contributed by atoms with Gasteiger partial charge in [0.25, 0.3) is 5.91 Å². The molecule has 2 aromatic rings. The Morgan fingerprint density at radius 3 is 2.52 bits per heavy atom. The van der Waals surface area contributed by atoms with Crippen molar-refractivity contribution in [2.24, 2.45) is 0 Å². The number of nitrogens with one attached hydrogen (secondary N) is 2. The summed E-state index contributed by atoms with van der Waals surface area (Å²) in [6, 6.07) is -0.199. The Bertz CT molecular complexity index is 917. The normalized spacial score (nSPS) is 17.2. The molecular formula is C22H34FN5O4S. The van der Waals surface area contributed by atoms with E-state index in [-0.39, 0.29) is 22.9 Å². The smallest absolute Gasteiger partial charge is 0.377 e. The minimum Gasteiger partial charge on any atom is -0.377 e. The van der Waals surface area contributed by atoms with Crippen LogP contribution in [0, 0.1) is 13.8 Å². The van der Waals surface area contributed by atoms with Crippen molar-refractivity contribution in [3.8, 4) is 0 Å². The van der Waals surface area contributed by atoms with Crippen LogP contribution in [-0.4, -0.2) is 59.2 Å². The fourth-order valence-electron chi connectivity index (χ4n) is 3.42. The first-order valence-electron chi connectivity index (χ1n) is 10.8. The minimum absolute atomic E-state index is 0.131. The van der Waals surface area contributed by atoms with Crippen LogP contribution in [0.5, 0.6) is 0 Å². The Hall–Kier alpha value is -2.79. The fraction of sp³-hybridized carbons (Fsp3) is 0.545. The maximum absolute atomic E-state index is 12.6. The molecule has 0 aliphatic carbocycles. The molecule has 0 spiro atoms. The monoisotopic (exact) mass is 483 g/mol. The number of imidazole rings is 1. The van der Waals surface area contributed by atoms with Crippen molar-refractivity contribution >= 4 is 28.3 Å². The average Bonchev–Trinajstić information content (AvgIpc) is 3.43. The predicted molar refractivity (Wildman–Crippen MR) is 128 cm³/mol. The van der Waals surface area contributed by atoms with Gasteiger partial charge < -0.3 is 19.9 Å². The number of carbonyl (C=O) groups excluding carboxylic acids is 2. The van der Waals surface area contributed by atoms with Crippen LogP contribution < -0.4 is 10.2 Å². The molecule has 1 aliphatic heterocycles. The van der Waals surface area contributed by atoms with Crippen LogP contribution in [0.25, 0.3) is 0 Å². The molecule has 9 nitrogen and oxygen atoms in total. The summed E-state index contributed by atoms with van der Waals surface area (Å²) in [5, 5.41) is 3.58. The molecule has 3 rings (SSSR count). The Kier molecular flexibility index (Phi) is 11.7. The molecule has 0 saturated carbocycles. The van der Waals surface area contributed by atoms with Crippen molar-refractivity contribution in [1.82, 2.24) is 20.3 Å². The third-order valence-electron chi connectivity index (χ3n) is 5.03. The Morgan fingerprint density at radius 2 is 1.97 bits per heavy atom. The maximum Gasteiger partial charge on any atom is 0.391 e. The molecule has 0 bridgehead atoms. The van der Waals surface area contributed by atoms with Crippen LogP contribution in [0.1, 0.15) is 64.6 Å².